The van der Waals surface area contributed by atoms with Crippen LogP contribution >= 0.6 is 0 Å². The summed E-state index contributed by atoms with van der Waals surface area (Å²) >= 11 is 0. The molecule has 1 saturated carbocycles. The zero-order valence-corrected chi connectivity index (χ0v) is 21.6. The van der Waals surface area contributed by atoms with E-state index in [1.165, 1.54) is 31.4 Å². The first-order valence-corrected chi connectivity index (χ1v) is 11.1. The SMILES string of the molecule is CC.CC.[CH2-]C1CN(c2ccc(N3CCN(C4CCCC4)CC3)cc2)C(=O)O1.[Y]. The molecule has 2 saturated heterocycles. The maximum Gasteiger partial charge on any atom is 0.411 e. The minimum absolute atomic E-state index is 0. The van der Waals surface area contributed by atoms with Crippen molar-refractivity contribution in [3.8, 4) is 0 Å². The normalized spacial score (nSPS) is 22.1. The monoisotopic (exact) mass is 477 g/mol. The van der Waals surface area contributed by atoms with Crippen LogP contribution in [0.15, 0.2) is 24.3 Å². The summed E-state index contributed by atoms with van der Waals surface area (Å²) in [5.74, 6) is 0. The second-order valence-electron chi connectivity index (χ2n) is 7.09. The van der Waals surface area contributed by atoms with Crippen molar-refractivity contribution in [3.63, 3.8) is 0 Å². The van der Waals surface area contributed by atoms with Gasteiger partial charge in [0.15, 0.2) is 0 Å². The average Bonchev–Trinajstić information content (AvgIpc) is 3.41. The van der Waals surface area contributed by atoms with Crippen molar-refractivity contribution in [2.45, 2.75) is 65.5 Å². The molecule has 1 aromatic rings. The smallest absolute Gasteiger partial charge is 0.411 e. The van der Waals surface area contributed by atoms with Crippen LogP contribution in [0.3, 0.4) is 0 Å². The van der Waals surface area contributed by atoms with Gasteiger partial charge in [-0.05, 0) is 43.2 Å². The van der Waals surface area contributed by atoms with Crippen LogP contribution in [-0.4, -0.2) is 55.9 Å². The predicted molar refractivity (Wildman–Crippen MR) is 118 cm³/mol. The van der Waals surface area contributed by atoms with E-state index in [1.54, 1.807) is 4.90 Å². The number of benzene rings is 1. The molecule has 5 nitrogen and oxygen atoms in total. The van der Waals surface area contributed by atoms with E-state index < -0.39 is 0 Å². The molecule has 29 heavy (non-hydrogen) atoms. The molecule has 161 valence electrons. The van der Waals surface area contributed by atoms with Gasteiger partial charge in [0.05, 0.1) is 0 Å². The quantitative estimate of drug-likeness (QED) is 0.577. The molecule has 0 N–H and O–H groups in total. The average molecular weight is 477 g/mol. The van der Waals surface area contributed by atoms with Crippen molar-refractivity contribution in [2.24, 2.45) is 0 Å². The fourth-order valence-corrected chi connectivity index (χ4v) is 4.19. The number of cyclic esters (lactones) is 1. The number of ether oxygens (including phenoxy) is 1. The number of carbonyl (C=O) groups is 1. The van der Waals surface area contributed by atoms with Crippen molar-refractivity contribution in [1.82, 2.24) is 4.90 Å². The van der Waals surface area contributed by atoms with Crippen LogP contribution in [0.2, 0.25) is 0 Å². The third-order valence-corrected chi connectivity index (χ3v) is 5.56. The minimum atomic E-state index is -0.298. The van der Waals surface area contributed by atoms with E-state index >= 15 is 0 Å². The van der Waals surface area contributed by atoms with Gasteiger partial charge in [0, 0.05) is 82.8 Å². The largest absolute Gasteiger partial charge is 0.477 e. The van der Waals surface area contributed by atoms with Crippen LogP contribution in [-0.2, 0) is 37.4 Å². The molecule has 0 spiro atoms. The van der Waals surface area contributed by atoms with Crippen LogP contribution in [0.4, 0.5) is 16.2 Å². The van der Waals surface area contributed by atoms with Gasteiger partial charge in [-0.25, -0.2) is 4.79 Å². The van der Waals surface area contributed by atoms with Gasteiger partial charge in [-0.3, -0.25) is 9.80 Å². The Hall–Kier alpha value is -0.646. The van der Waals surface area contributed by atoms with Gasteiger partial charge >= 0.3 is 6.09 Å². The standard InChI is InChI=1S/C19H26N3O2.2C2H6.Y/c1-15-14-22(19(23)24-15)18-8-6-17(7-9-18)21-12-10-20(11-13-21)16-4-2-3-5-16;2*1-2;/h6-9,15-16H,1-5,10-14H2;2*1-2H3;/q-1;;;. The number of nitrogens with zero attached hydrogens (tertiary/aromatic N) is 3. The molecule has 2 heterocycles. The summed E-state index contributed by atoms with van der Waals surface area (Å²) in [5.41, 5.74) is 2.13. The summed E-state index contributed by atoms with van der Waals surface area (Å²) in [6.45, 7) is 16.8. The van der Waals surface area contributed by atoms with E-state index in [0.717, 1.165) is 37.9 Å². The molecule has 1 aromatic carbocycles. The molecule has 2 aliphatic heterocycles. The van der Waals surface area contributed by atoms with Crippen molar-refractivity contribution in [2.75, 3.05) is 42.5 Å². The van der Waals surface area contributed by atoms with Gasteiger partial charge in [-0.2, -0.15) is 0 Å². The van der Waals surface area contributed by atoms with Crippen molar-refractivity contribution < 1.29 is 42.2 Å². The first-order valence-electron chi connectivity index (χ1n) is 11.1. The molecule has 1 amide bonds. The Morgan fingerprint density at radius 2 is 1.41 bits per heavy atom. The second kappa shape index (κ2) is 13.6. The van der Waals surface area contributed by atoms with Crippen LogP contribution in [0.1, 0.15) is 53.4 Å². The minimum Gasteiger partial charge on any atom is -0.477 e. The third-order valence-electron chi connectivity index (χ3n) is 5.56. The number of hydrogen-bond donors (Lipinski definition) is 0. The van der Waals surface area contributed by atoms with Gasteiger partial charge in [-0.1, -0.05) is 40.5 Å². The van der Waals surface area contributed by atoms with Crippen LogP contribution < -0.4 is 9.80 Å². The summed E-state index contributed by atoms with van der Waals surface area (Å²) < 4.78 is 5.10. The van der Waals surface area contributed by atoms with Crippen LogP contribution in [0.25, 0.3) is 0 Å². The van der Waals surface area contributed by atoms with Crippen LogP contribution in [0.5, 0.6) is 0 Å². The van der Waals surface area contributed by atoms with Gasteiger partial charge in [0.2, 0.25) is 0 Å². The van der Waals surface area contributed by atoms with E-state index in [1.807, 2.05) is 39.8 Å². The Bertz CT molecular complexity index is 582. The fourth-order valence-electron chi connectivity index (χ4n) is 4.19. The number of carbonyl (C=O) groups excluding carboxylic acids is 1. The number of piperazine rings is 1. The van der Waals surface area contributed by atoms with E-state index in [0.29, 0.717) is 6.54 Å². The second-order valence-corrected chi connectivity index (χ2v) is 7.09. The summed E-state index contributed by atoms with van der Waals surface area (Å²) in [7, 11) is 0. The maximum atomic E-state index is 11.8. The maximum absolute atomic E-state index is 11.8. The predicted octanol–water partition coefficient (Wildman–Crippen LogP) is 4.96. The molecule has 1 aliphatic carbocycles. The summed E-state index contributed by atoms with van der Waals surface area (Å²) in [4.78, 5) is 18.6. The Balaban J connectivity index is 0.000000794. The Labute approximate surface area is 203 Å². The topological polar surface area (TPSA) is 36.0 Å². The molecule has 1 atom stereocenters. The zero-order chi connectivity index (χ0) is 20.5. The first-order chi connectivity index (χ1) is 13.7. The van der Waals surface area contributed by atoms with Crippen molar-refractivity contribution in [1.29, 1.82) is 0 Å². The van der Waals surface area contributed by atoms with E-state index in [9.17, 15) is 4.79 Å². The molecule has 0 bridgehead atoms. The summed E-state index contributed by atoms with van der Waals surface area (Å²) in [6.07, 6.45) is 4.99. The molecular weight excluding hydrogens is 439 g/mol. The Morgan fingerprint density at radius 1 is 0.897 bits per heavy atom. The first kappa shape index (κ1) is 26.4. The fraction of sp³-hybridized carbons (Fsp3) is 0.652. The van der Waals surface area contributed by atoms with E-state index in [4.69, 9.17) is 4.74 Å². The number of amides is 1. The molecule has 6 heteroatoms. The van der Waals surface area contributed by atoms with Gasteiger partial charge < -0.3 is 16.6 Å². The molecule has 4 rings (SSSR count). The molecule has 1 unspecified atom stereocenters. The third kappa shape index (κ3) is 6.93. The molecular formula is C23H38N3O2Y-. The molecule has 1 radical (unpaired) electrons. The summed E-state index contributed by atoms with van der Waals surface area (Å²) in [6, 6.07) is 9.08. The zero-order valence-electron chi connectivity index (χ0n) is 18.8. The van der Waals surface area contributed by atoms with Crippen molar-refractivity contribution in [3.05, 3.63) is 31.2 Å². The van der Waals surface area contributed by atoms with E-state index in [-0.39, 0.29) is 44.9 Å². The van der Waals surface area contributed by atoms with Crippen molar-refractivity contribution >= 4 is 17.5 Å². The van der Waals surface area contributed by atoms with Crippen LogP contribution in [0, 0.1) is 6.92 Å². The number of hydrogen-bond acceptors (Lipinski definition) is 4. The Kier molecular flexibility index (Phi) is 12.4. The van der Waals surface area contributed by atoms with Gasteiger partial charge in [0.25, 0.3) is 0 Å². The van der Waals surface area contributed by atoms with E-state index in [2.05, 4.69) is 28.9 Å². The number of rotatable bonds is 3. The molecule has 3 fully saturated rings. The van der Waals surface area contributed by atoms with Gasteiger partial charge in [-0.15, -0.1) is 0 Å². The van der Waals surface area contributed by atoms with Gasteiger partial charge in [0.1, 0.15) is 0 Å². The molecule has 0 aromatic heterocycles. The number of anilines is 2. The summed E-state index contributed by atoms with van der Waals surface area (Å²) in [5, 5.41) is 0. The molecule has 3 aliphatic rings. The Morgan fingerprint density at radius 3 is 1.90 bits per heavy atom.